The highest BCUT2D eigenvalue weighted by atomic mass is 16.6. The number of fused-ring (bicyclic) bond motifs is 1. The largest absolute Gasteiger partial charge is 0.444 e. The van der Waals surface area contributed by atoms with E-state index in [0.29, 0.717) is 49.4 Å². The molecule has 206 valence electrons. The van der Waals surface area contributed by atoms with E-state index in [1.807, 2.05) is 51.1 Å². The van der Waals surface area contributed by atoms with Gasteiger partial charge in [0.2, 0.25) is 5.91 Å². The number of benzene rings is 1. The molecule has 38 heavy (non-hydrogen) atoms. The van der Waals surface area contributed by atoms with Crippen molar-refractivity contribution in [3.05, 3.63) is 57.8 Å². The Bertz CT molecular complexity index is 1310. The van der Waals surface area contributed by atoms with Crippen molar-refractivity contribution in [3.8, 4) is 0 Å². The maximum Gasteiger partial charge on any atom is 0.407 e. The second kappa shape index (κ2) is 12.2. The summed E-state index contributed by atoms with van der Waals surface area (Å²) in [4.78, 5) is 45.7. The van der Waals surface area contributed by atoms with Crippen LogP contribution in [0.15, 0.2) is 39.6 Å². The maximum absolute atomic E-state index is 13.7. The standard InChI is InChI=1S/C28H39N5O5/c1-8-21(32(25(34)18(2)3)16-12-15-29-27(36)37-28(5,6)7)23-30-24-22(19(4)31-38-24)26(35)33(23)17-20-13-10-9-11-14-20/h9-11,13-14,18,21H,8,12,15-17H2,1-7H3,(H,29,36). The predicted molar refractivity (Wildman–Crippen MR) is 145 cm³/mol. The second-order valence-electron chi connectivity index (χ2n) is 10.7. The van der Waals surface area contributed by atoms with Gasteiger partial charge in [0.25, 0.3) is 11.3 Å². The molecule has 2 amide bonds. The van der Waals surface area contributed by atoms with Crippen LogP contribution in [-0.4, -0.2) is 50.3 Å². The molecule has 3 rings (SSSR count). The zero-order valence-corrected chi connectivity index (χ0v) is 23.4. The van der Waals surface area contributed by atoms with Gasteiger partial charge in [-0.1, -0.05) is 56.3 Å². The number of aryl methyl sites for hydroxylation is 1. The highest BCUT2D eigenvalue weighted by Gasteiger charge is 2.31. The molecule has 1 unspecified atom stereocenters. The summed E-state index contributed by atoms with van der Waals surface area (Å²) in [5.41, 5.74) is 0.720. The lowest BCUT2D eigenvalue weighted by molar-refractivity contribution is -0.137. The van der Waals surface area contributed by atoms with Crippen LogP contribution >= 0.6 is 0 Å². The first-order valence-corrected chi connectivity index (χ1v) is 13.1. The van der Waals surface area contributed by atoms with Gasteiger partial charge < -0.3 is 19.5 Å². The molecule has 0 saturated carbocycles. The monoisotopic (exact) mass is 525 g/mol. The number of aromatic nitrogens is 3. The van der Waals surface area contributed by atoms with Crippen molar-refractivity contribution in [1.82, 2.24) is 24.9 Å². The first-order chi connectivity index (χ1) is 17.9. The zero-order valence-electron chi connectivity index (χ0n) is 23.4. The van der Waals surface area contributed by atoms with Crippen LogP contribution in [0.25, 0.3) is 11.1 Å². The summed E-state index contributed by atoms with van der Waals surface area (Å²) < 4.78 is 12.3. The van der Waals surface area contributed by atoms with E-state index in [2.05, 4.69) is 10.5 Å². The van der Waals surface area contributed by atoms with E-state index in [1.54, 1.807) is 37.2 Å². The summed E-state index contributed by atoms with van der Waals surface area (Å²) in [5.74, 6) is 0.107. The van der Waals surface area contributed by atoms with Crippen LogP contribution in [-0.2, 0) is 16.1 Å². The Hall–Kier alpha value is -3.69. The first kappa shape index (κ1) is 28.9. The number of rotatable bonds is 10. The molecule has 0 spiro atoms. The zero-order chi connectivity index (χ0) is 28.0. The molecule has 1 aromatic carbocycles. The Morgan fingerprint density at radius 1 is 1.18 bits per heavy atom. The van der Waals surface area contributed by atoms with Gasteiger partial charge >= 0.3 is 6.09 Å². The van der Waals surface area contributed by atoms with Crippen molar-refractivity contribution in [2.45, 2.75) is 79.5 Å². The van der Waals surface area contributed by atoms with Gasteiger partial charge in [-0.05, 0) is 46.1 Å². The fourth-order valence-electron chi connectivity index (χ4n) is 4.30. The molecule has 10 heteroatoms. The number of alkyl carbamates (subject to hydrolysis) is 1. The summed E-state index contributed by atoms with van der Waals surface area (Å²) in [7, 11) is 0. The van der Waals surface area contributed by atoms with E-state index in [1.165, 1.54) is 0 Å². The summed E-state index contributed by atoms with van der Waals surface area (Å²) in [6.07, 6.45) is 0.522. The van der Waals surface area contributed by atoms with Crippen LogP contribution in [0.4, 0.5) is 4.79 Å². The van der Waals surface area contributed by atoms with Crippen LogP contribution in [0.3, 0.4) is 0 Å². The molecule has 0 fully saturated rings. The molecule has 0 bridgehead atoms. The fraction of sp³-hybridized carbons (Fsp3) is 0.536. The van der Waals surface area contributed by atoms with E-state index >= 15 is 0 Å². The molecule has 0 aliphatic carbocycles. The number of nitrogens with one attached hydrogen (secondary N) is 1. The molecule has 2 aromatic heterocycles. The molecular formula is C28H39N5O5. The highest BCUT2D eigenvalue weighted by Crippen LogP contribution is 2.27. The number of ether oxygens (including phenoxy) is 1. The van der Waals surface area contributed by atoms with Gasteiger partial charge in [-0.3, -0.25) is 14.2 Å². The summed E-state index contributed by atoms with van der Waals surface area (Å²) in [5, 5.41) is 7.04. The maximum atomic E-state index is 13.7. The number of hydrogen-bond acceptors (Lipinski definition) is 7. The molecule has 0 saturated heterocycles. The second-order valence-corrected chi connectivity index (χ2v) is 10.7. The van der Waals surface area contributed by atoms with Crippen molar-refractivity contribution >= 4 is 23.1 Å². The number of nitrogens with zero attached hydrogens (tertiary/aromatic N) is 4. The minimum atomic E-state index is -0.594. The van der Waals surface area contributed by atoms with E-state index < -0.39 is 17.7 Å². The van der Waals surface area contributed by atoms with E-state index in [9.17, 15) is 14.4 Å². The van der Waals surface area contributed by atoms with Crippen LogP contribution in [0, 0.1) is 12.8 Å². The average Bonchev–Trinajstić information content (AvgIpc) is 3.22. The summed E-state index contributed by atoms with van der Waals surface area (Å²) in [6.45, 7) is 13.7. The molecule has 1 N–H and O–H groups in total. The van der Waals surface area contributed by atoms with Gasteiger partial charge in [-0.25, -0.2) is 4.79 Å². The van der Waals surface area contributed by atoms with E-state index in [4.69, 9.17) is 14.2 Å². The predicted octanol–water partition coefficient (Wildman–Crippen LogP) is 4.59. The van der Waals surface area contributed by atoms with E-state index in [-0.39, 0.29) is 23.1 Å². The van der Waals surface area contributed by atoms with Crippen LogP contribution in [0.2, 0.25) is 0 Å². The fourth-order valence-corrected chi connectivity index (χ4v) is 4.30. The first-order valence-electron chi connectivity index (χ1n) is 13.1. The van der Waals surface area contributed by atoms with Gasteiger partial charge in [0.1, 0.15) is 16.8 Å². The highest BCUT2D eigenvalue weighted by molar-refractivity contribution is 5.79. The molecule has 3 aromatic rings. The SMILES string of the molecule is CCC(c1nc2onc(C)c2c(=O)n1Cc1ccccc1)N(CCCNC(=O)OC(C)(C)C)C(=O)C(C)C. The molecule has 10 nitrogen and oxygen atoms in total. The molecule has 0 aliphatic heterocycles. The average molecular weight is 526 g/mol. The Morgan fingerprint density at radius 3 is 2.47 bits per heavy atom. The smallest absolute Gasteiger partial charge is 0.407 e. The Balaban J connectivity index is 1.97. The molecule has 0 aliphatic rings. The summed E-state index contributed by atoms with van der Waals surface area (Å²) in [6, 6.07) is 9.16. The third-order valence-corrected chi connectivity index (χ3v) is 6.06. The molecule has 1 atom stereocenters. The molecular weight excluding hydrogens is 486 g/mol. The molecule has 0 radical (unpaired) electrons. The van der Waals surface area contributed by atoms with Crippen molar-refractivity contribution in [2.24, 2.45) is 5.92 Å². The van der Waals surface area contributed by atoms with Crippen molar-refractivity contribution in [3.63, 3.8) is 0 Å². The van der Waals surface area contributed by atoms with Crippen LogP contribution in [0.1, 0.15) is 77.5 Å². The third-order valence-electron chi connectivity index (χ3n) is 6.06. The van der Waals surface area contributed by atoms with Crippen LogP contribution < -0.4 is 10.9 Å². The third kappa shape index (κ3) is 6.99. The van der Waals surface area contributed by atoms with Crippen LogP contribution in [0.5, 0.6) is 0 Å². The lowest BCUT2D eigenvalue weighted by Gasteiger charge is -2.33. The van der Waals surface area contributed by atoms with Gasteiger partial charge in [0, 0.05) is 19.0 Å². The quantitative estimate of drug-likeness (QED) is 0.384. The van der Waals surface area contributed by atoms with E-state index in [0.717, 1.165) is 5.56 Å². The topological polar surface area (TPSA) is 120 Å². The molecule has 2 heterocycles. The Kier molecular flexibility index (Phi) is 9.30. The van der Waals surface area contributed by atoms with Gasteiger partial charge in [-0.2, -0.15) is 4.98 Å². The van der Waals surface area contributed by atoms with Crippen molar-refractivity contribution < 1.29 is 18.8 Å². The van der Waals surface area contributed by atoms with Gasteiger partial charge in [-0.15, -0.1) is 0 Å². The number of carbonyl (C=O) groups is 2. The van der Waals surface area contributed by atoms with Gasteiger partial charge in [0.15, 0.2) is 0 Å². The Labute approximate surface area is 223 Å². The van der Waals surface area contributed by atoms with Gasteiger partial charge in [0.05, 0.1) is 18.3 Å². The minimum absolute atomic E-state index is 0.0662. The minimum Gasteiger partial charge on any atom is -0.444 e. The number of carbonyl (C=O) groups excluding carboxylic acids is 2. The number of amides is 2. The Morgan fingerprint density at radius 2 is 1.87 bits per heavy atom. The lowest BCUT2D eigenvalue weighted by Crippen LogP contribution is -2.42. The number of hydrogen-bond donors (Lipinski definition) is 1. The van der Waals surface area contributed by atoms with Crippen molar-refractivity contribution in [2.75, 3.05) is 13.1 Å². The summed E-state index contributed by atoms with van der Waals surface area (Å²) >= 11 is 0. The van der Waals surface area contributed by atoms with Crippen molar-refractivity contribution in [1.29, 1.82) is 0 Å². The lowest BCUT2D eigenvalue weighted by atomic mass is 10.1. The normalized spacial score (nSPS) is 12.5.